The summed E-state index contributed by atoms with van der Waals surface area (Å²) in [7, 11) is 0. The van der Waals surface area contributed by atoms with Gasteiger partial charge < -0.3 is 10.1 Å². The molecule has 0 aliphatic rings. The van der Waals surface area contributed by atoms with Crippen molar-refractivity contribution in [1.82, 2.24) is 5.32 Å². The van der Waals surface area contributed by atoms with Crippen LogP contribution in [0.3, 0.4) is 0 Å². The average Bonchev–Trinajstić information content (AvgIpc) is 2.36. The van der Waals surface area contributed by atoms with E-state index in [0.717, 1.165) is 5.56 Å². The highest BCUT2D eigenvalue weighted by Gasteiger charge is 2.15. The molecule has 3 nitrogen and oxygen atoms in total. The van der Waals surface area contributed by atoms with E-state index in [9.17, 15) is 4.79 Å². The number of ether oxygens (including phenoxy) is 1. The van der Waals surface area contributed by atoms with E-state index in [1.165, 1.54) is 0 Å². The summed E-state index contributed by atoms with van der Waals surface area (Å²) in [5, 5.41) is 3.26. The number of hydrogen-bond donors (Lipinski definition) is 1. The molecule has 17 heavy (non-hydrogen) atoms. The predicted octanol–water partition coefficient (Wildman–Crippen LogP) is 2.46. The fourth-order valence-corrected chi connectivity index (χ4v) is 1.61. The molecule has 1 unspecified atom stereocenters. The molecule has 0 heterocycles. The normalized spacial score (nSPS) is 11.8. The molecule has 1 aromatic rings. The van der Waals surface area contributed by atoms with Gasteiger partial charge in [0.1, 0.15) is 0 Å². The minimum Gasteiger partial charge on any atom is -0.466 e. The largest absolute Gasteiger partial charge is 0.466 e. The maximum atomic E-state index is 11.5. The lowest BCUT2D eigenvalue weighted by Gasteiger charge is -2.17. The summed E-state index contributed by atoms with van der Waals surface area (Å²) < 4.78 is 4.97. The summed E-state index contributed by atoms with van der Waals surface area (Å²) in [5.74, 6) is -0.182. The second kappa shape index (κ2) is 7.63. The van der Waals surface area contributed by atoms with Crippen molar-refractivity contribution in [3.8, 4) is 0 Å². The first-order valence-corrected chi connectivity index (χ1v) is 5.82. The van der Waals surface area contributed by atoms with Gasteiger partial charge in [0, 0.05) is 12.6 Å². The number of nitrogens with one attached hydrogen (secondary N) is 1. The van der Waals surface area contributed by atoms with Crippen LogP contribution in [0.15, 0.2) is 43.0 Å². The molecular weight excluding hydrogens is 214 g/mol. The van der Waals surface area contributed by atoms with Gasteiger partial charge in [-0.1, -0.05) is 36.4 Å². The summed E-state index contributed by atoms with van der Waals surface area (Å²) in [6, 6.07) is 9.86. The number of esters is 1. The van der Waals surface area contributed by atoms with E-state index in [-0.39, 0.29) is 12.0 Å². The number of benzene rings is 1. The maximum Gasteiger partial charge on any atom is 0.307 e. The molecule has 1 aromatic carbocycles. The Bertz CT molecular complexity index is 348. The number of carbonyl (C=O) groups is 1. The van der Waals surface area contributed by atoms with Gasteiger partial charge in [-0.05, 0) is 12.5 Å². The van der Waals surface area contributed by atoms with Gasteiger partial charge >= 0.3 is 5.97 Å². The quantitative estimate of drug-likeness (QED) is 0.580. The van der Waals surface area contributed by atoms with Crippen molar-refractivity contribution >= 4 is 5.97 Å². The Morgan fingerprint density at radius 2 is 2.18 bits per heavy atom. The van der Waals surface area contributed by atoms with Crippen LogP contribution in [0.2, 0.25) is 0 Å². The molecule has 0 saturated heterocycles. The van der Waals surface area contributed by atoms with E-state index in [0.29, 0.717) is 19.6 Å². The Hall–Kier alpha value is -1.61. The van der Waals surface area contributed by atoms with Crippen molar-refractivity contribution in [3.05, 3.63) is 48.6 Å². The monoisotopic (exact) mass is 233 g/mol. The zero-order chi connectivity index (χ0) is 12.5. The minimum atomic E-state index is -0.182. The second-order valence-electron chi connectivity index (χ2n) is 3.67. The van der Waals surface area contributed by atoms with Crippen molar-refractivity contribution in [2.45, 2.75) is 19.4 Å². The van der Waals surface area contributed by atoms with Gasteiger partial charge in [0.05, 0.1) is 13.0 Å². The molecular formula is C14H19NO2. The highest BCUT2D eigenvalue weighted by molar-refractivity contribution is 5.70. The fraction of sp³-hybridized carbons (Fsp3) is 0.357. The molecule has 92 valence electrons. The maximum absolute atomic E-state index is 11.5. The smallest absolute Gasteiger partial charge is 0.307 e. The molecule has 3 heteroatoms. The fourth-order valence-electron chi connectivity index (χ4n) is 1.61. The van der Waals surface area contributed by atoms with Crippen LogP contribution in [0, 0.1) is 0 Å². The summed E-state index contributed by atoms with van der Waals surface area (Å²) in [6.45, 7) is 6.56. The van der Waals surface area contributed by atoms with Crippen molar-refractivity contribution in [3.63, 3.8) is 0 Å². The standard InChI is InChI=1S/C14H19NO2/c1-3-10-15-13(11-14(16)17-4-2)12-8-6-5-7-9-12/h3,5-9,13,15H,1,4,10-11H2,2H3. The molecule has 1 rings (SSSR count). The zero-order valence-electron chi connectivity index (χ0n) is 10.2. The van der Waals surface area contributed by atoms with Crippen LogP contribution in [-0.2, 0) is 9.53 Å². The van der Waals surface area contributed by atoms with Crippen LogP contribution >= 0.6 is 0 Å². The van der Waals surface area contributed by atoms with E-state index in [1.807, 2.05) is 37.3 Å². The Balaban J connectivity index is 2.66. The van der Waals surface area contributed by atoms with E-state index in [1.54, 1.807) is 6.08 Å². The second-order valence-corrected chi connectivity index (χ2v) is 3.67. The summed E-state index contributed by atoms with van der Waals surface area (Å²) >= 11 is 0. The number of hydrogen-bond acceptors (Lipinski definition) is 3. The lowest BCUT2D eigenvalue weighted by atomic mass is 10.0. The molecule has 0 aliphatic carbocycles. The van der Waals surface area contributed by atoms with Crippen molar-refractivity contribution in [2.24, 2.45) is 0 Å². The number of carbonyl (C=O) groups excluding carboxylic acids is 1. The van der Waals surface area contributed by atoms with Crippen LogP contribution < -0.4 is 5.32 Å². The zero-order valence-corrected chi connectivity index (χ0v) is 10.2. The number of rotatable bonds is 7. The summed E-state index contributed by atoms with van der Waals surface area (Å²) in [5.41, 5.74) is 1.09. The third-order valence-electron chi connectivity index (χ3n) is 2.39. The molecule has 0 saturated carbocycles. The molecule has 0 aromatic heterocycles. The van der Waals surface area contributed by atoms with Crippen LogP contribution in [0.1, 0.15) is 24.9 Å². The highest BCUT2D eigenvalue weighted by atomic mass is 16.5. The van der Waals surface area contributed by atoms with Gasteiger partial charge in [-0.15, -0.1) is 6.58 Å². The van der Waals surface area contributed by atoms with Gasteiger partial charge in [-0.3, -0.25) is 4.79 Å². The Labute approximate surface area is 102 Å². The van der Waals surface area contributed by atoms with Crippen LogP contribution in [0.25, 0.3) is 0 Å². The topological polar surface area (TPSA) is 38.3 Å². The van der Waals surface area contributed by atoms with Gasteiger partial charge in [-0.25, -0.2) is 0 Å². The first-order chi connectivity index (χ1) is 8.27. The van der Waals surface area contributed by atoms with Crippen LogP contribution in [0.5, 0.6) is 0 Å². The van der Waals surface area contributed by atoms with E-state index in [2.05, 4.69) is 11.9 Å². The molecule has 0 bridgehead atoms. The lowest BCUT2D eigenvalue weighted by Crippen LogP contribution is -2.24. The third kappa shape index (κ3) is 4.83. The van der Waals surface area contributed by atoms with Crippen molar-refractivity contribution in [2.75, 3.05) is 13.2 Å². The van der Waals surface area contributed by atoms with Gasteiger partial charge in [0.25, 0.3) is 0 Å². The van der Waals surface area contributed by atoms with Crippen LogP contribution in [-0.4, -0.2) is 19.1 Å². The minimum absolute atomic E-state index is 0.0201. The Morgan fingerprint density at radius 1 is 1.47 bits per heavy atom. The van der Waals surface area contributed by atoms with Gasteiger partial charge in [0.2, 0.25) is 0 Å². The Kier molecular flexibility index (Phi) is 6.04. The van der Waals surface area contributed by atoms with Gasteiger partial charge in [0.15, 0.2) is 0 Å². The van der Waals surface area contributed by atoms with E-state index in [4.69, 9.17) is 4.74 Å². The molecule has 0 fully saturated rings. The molecule has 0 spiro atoms. The van der Waals surface area contributed by atoms with Gasteiger partial charge in [-0.2, -0.15) is 0 Å². The predicted molar refractivity (Wildman–Crippen MR) is 68.6 cm³/mol. The average molecular weight is 233 g/mol. The first-order valence-electron chi connectivity index (χ1n) is 5.82. The Morgan fingerprint density at radius 3 is 2.76 bits per heavy atom. The van der Waals surface area contributed by atoms with Crippen LogP contribution in [0.4, 0.5) is 0 Å². The summed E-state index contributed by atoms with van der Waals surface area (Å²) in [4.78, 5) is 11.5. The SMILES string of the molecule is C=CCNC(CC(=O)OCC)c1ccccc1. The van der Waals surface area contributed by atoms with E-state index < -0.39 is 0 Å². The van der Waals surface area contributed by atoms with E-state index >= 15 is 0 Å². The lowest BCUT2D eigenvalue weighted by molar-refractivity contribution is -0.143. The van der Waals surface area contributed by atoms with Crippen molar-refractivity contribution in [1.29, 1.82) is 0 Å². The molecule has 0 amide bonds. The first kappa shape index (κ1) is 13.5. The molecule has 1 N–H and O–H groups in total. The molecule has 1 atom stereocenters. The van der Waals surface area contributed by atoms with Crippen molar-refractivity contribution < 1.29 is 9.53 Å². The summed E-state index contributed by atoms with van der Waals surface area (Å²) in [6.07, 6.45) is 2.12. The highest BCUT2D eigenvalue weighted by Crippen LogP contribution is 2.16. The molecule has 0 aliphatic heterocycles. The molecule has 0 radical (unpaired) electrons. The third-order valence-corrected chi connectivity index (χ3v) is 2.39.